The first-order valence-electron chi connectivity index (χ1n) is 6.17. The lowest BCUT2D eigenvalue weighted by Crippen LogP contribution is -2.15. The van der Waals surface area contributed by atoms with Crippen LogP contribution in [0.1, 0.15) is 29.7 Å². The summed E-state index contributed by atoms with van der Waals surface area (Å²) in [5.74, 6) is 0.283. The molecule has 2 rings (SSSR count). The number of aromatic hydroxyl groups is 1. The predicted octanol–water partition coefficient (Wildman–Crippen LogP) is 2.59. The minimum Gasteiger partial charge on any atom is -0.508 e. The van der Waals surface area contributed by atoms with Gasteiger partial charge in [0.15, 0.2) is 0 Å². The Labute approximate surface area is 107 Å². The molecule has 3 N–H and O–H groups in total. The summed E-state index contributed by atoms with van der Waals surface area (Å²) < 4.78 is 0. The number of nitrogens with zero attached hydrogens (tertiary/aromatic N) is 1. The average molecular weight is 242 g/mol. The second kappa shape index (κ2) is 5.65. The van der Waals surface area contributed by atoms with Crippen molar-refractivity contribution in [3.63, 3.8) is 0 Å². The fraction of sp³-hybridized carbons (Fsp3) is 0.267. The van der Waals surface area contributed by atoms with Crippen molar-refractivity contribution < 1.29 is 5.11 Å². The maximum atomic E-state index is 9.45. The zero-order chi connectivity index (χ0) is 13.0. The second-order valence-electron chi connectivity index (χ2n) is 4.41. The molecule has 1 heterocycles. The summed E-state index contributed by atoms with van der Waals surface area (Å²) in [6.45, 7) is 2.10. The maximum absolute atomic E-state index is 9.45. The van der Waals surface area contributed by atoms with E-state index in [1.807, 2.05) is 24.4 Å². The summed E-state index contributed by atoms with van der Waals surface area (Å²) in [7, 11) is 0. The van der Waals surface area contributed by atoms with Crippen molar-refractivity contribution in [1.29, 1.82) is 0 Å². The van der Waals surface area contributed by atoms with Crippen LogP contribution in [-0.4, -0.2) is 10.1 Å². The molecule has 0 aliphatic heterocycles. The van der Waals surface area contributed by atoms with Crippen LogP contribution in [0, 0.1) is 0 Å². The molecular weight excluding hydrogens is 224 g/mol. The highest BCUT2D eigenvalue weighted by atomic mass is 16.3. The van der Waals surface area contributed by atoms with Gasteiger partial charge in [0.1, 0.15) is 5.75 Å². The Hall–Kier alpha value is -1.87. The van der Waals surface area contributed by atoms with Gasteiger partial charge in [-0.25, -0.2) is 0 Å². The highest BCUT2D eigenvalue weighted by Crippen LogP contribution is 2.21. The third-order valence-electron chi connectivity index (χ3n) is 3.09. The quantitative estimate of drug-likeness (QED) is 0.866. The Morgan fingerprint density at radius 1 is 1.33 bits per heavy atom. The number of pyridine rings is 1. The molecule has 1 aromatic carbocycles. The average Bonchev–Trinajstić information content (AvgIpc) is 2.38. The Morgan fingerprint density at radius 2 is 2.17 bits per heavy atom. The lowest BCUT2D eigenvalue weighted by atomic mass is 9.96. The monoisotopic (exact) mass is 242 g/mol. The molecule has 1 atom stereocenters. The van der Waals surface area contributed by atoms with Crippen LogP contribution >= 0.6 is 0 Å². The Balaban J connectivity index is 2.19. The van der Waals surface area contributed by atoms with E-state index in [1.54, 1.807) is 18.3 Å². The van der Waals surface area contributed by atoms with Gasteiger partial charge in [-0.15, -0.1) is 0 Å². The molecule has 0 fully saturated rings. The molecule has 18 heavy (non-hydrogen) atoms. The Morgan fingerprint density at radius 3 is 2.89 bits per heavy atom. The van der Waals surface area contributed by atoms with E-state index in [1.165, 1.54) is 5.56 Å². The minimum atomic E-state index is -0.0650. The van der Waals surface area contributed by atoms with E-state index in [0.29, 0.717) is 6.42 Å². The molecule has 0 saturated heterocycles. The second-order valence-corrected chi connectivity index (χ2v) is 4.41. The molecule has 0 aliphatic carbocycles. The molecule has 0 spiro atoms. The zero-order valence-electron chi connectivity index (χ0n) is 10.5. The third kappa shape index (κ3) is 2.87. The van der Waals surface area contributed by atoms with Gasteiger partial charge in [0.25, 0.3) is 0 Å². The molecule has 1 aromatic heterocycles. The Bertz CT molecular complexity index is 525. The van der Waals surface area contributed by atoms with Crippen molar-refractivity contribution in [1.82, 2.24) is 4.98 Å². The number of hydrogen-bond donors (Lipinski definition) is 2. The summed E-state index contributed by atoms with van der Waals surface area (Å²) in [4.78, 5) is 4.12. The fourth-order valence-corrected chi connectivity index (χ4v) is 2.14. The summed E-state index contributed by atoms with van der Waals surface area (Å²) in [5.41, 5.74) is 9.61. The molecule has 0 radical (unpaired) electrons. The van der Waals surface area contributed by atoms with Crippen molar-refractivity contribution in [3.05, 3.63) is 59.4 Å². The highest BCUT2D eigenvalue weighted by Gasteiger charge is 2.11. The van der Waals surface area contributed by atoms with Crippen LogP contribution in [0.2, 0.25) is 0 Å². The molecule has 3 heteroatoms. The normalized spacial score (nSPS) is 12.3. The summed E-state index contributed by atoms with van der Waals surface area (Å²) >= 11 is 0. The third-order valence-corrected chi connectivity index (χ3v) is 3.09. The van der Waals surface area contributed by atoms with E-state index in [9.17, 15) is 5.11 Å². The Kier molecular flexibility index (Phi) is 3.95. The van der Waals surface area contributed by atoms with Gasteiger partial charge in [0, 0.05) is 18.4 Å². The first-order chi connectivity index (χ1) is 8.70. The van der Waals surface area contributed by atoms with Gasteiger partial charge in [-0.3, -0.25) is 4.98 Å². The number of benzene rings is 1. The van der Waals surface area contributed by atoms with Crippen molar-refractivity contribution in [2.45, 2.75) is 25.8 Å². The minimum absolute atomic E-state index is 0.0650. The van der Waals surface area contributed by atoms with Crippen LogP contribution in [0.3, 0.4) is 0 Å². The van der Waals surface area contributed by atoms with E-state index >= 15 is 0 Å². The van der Waals surface area contributed by atoms with Crippen LogP contribution in [-0.2, 0) is 12.8 Å². The van der Waals surface area contributed by atoms with Crippen molar-refractivity contribution in [3.8, 4) is 5.75 Å². The first kappa shape index (κ1) is 12.6. The van der Waals surface area contributed by atoms with Crippen LogP contribution in [0.4, 0.5) is 0 Å². The zero-order valence-corrected chi connectivity index (χ0v) is 10.5. The van der Waals surface area contributed by atoms with Gasteiger partial charge < -0.3 is 10.8 Å². The molecule has 0 amide bonds. The summed E-state index contributed by atoms with van der Waals surface area (Å²) in [6, 6.07) is 9.15. The fourth-order valence-electron chi connectivity index (χ4n) is 2.14. The number of phenols is 1. The molecule has 3 nitrogen and oxygen atoms in total. The standard InChI is InChI=1S/C15H18N2O/c1-2-12-10-17-7-6-14(12)15(16)9-11-4-3-5-13(18)8-11/h3-8,10,15,18H,2,9,16H2,1H3. The number of hydrogen-bond acceptors (Lipinski definition) is 3. The van der Waals surface area contributed by atoms with Crippen LogP contribution < -0.4 is 5.73 Å². The van der Waals surface area contributed by atoms with Gasteiger partial charge in [-0.2, -0.15) is 0 Å². The largest absolute Gasteiger partial charge is 0.508 e. The lowest BCUT2D eigenvalue weighted by Gasteiger charge is -2.15. The number of aryl methyl sites for hydroxylation is 1. The van der Waals surface area contributed by atoms with Crippen LogP contribution in [0.15, 0.2) is 42.7 Å². The van der Waals surface area contributed by atoms with E-state index in [4.69, 9.17) is 5.73 Å². The molecular formula is C15H18N2O. The topological polar surface area (TPSA) is 59.1 Å². The lowest BCUT2D eigenvalue weighted by molar-refractivity contribution is 0.474. The number of aromatic nitrogens is 1. The van der Waals surface area contributed by atoms with Crippen molar-refractivity contribution in [2.75, 3.05) is 0 Å². The molecule has 2 aromatic rings. The molecule has 0 saturated carbocycles. The van der Waals surface area contributed by atoms with Gasteiger partial charge in [0.05, 0.1) is 0 Å². The molecule has 94 valence electrons. The first-order valence-corrected chi connectivity index (χ1v) is 6.17. The van der Waals surface area contributed by atoms with Gasteiger partial charge >= 0.3 is 0 Å². The number of phenolic OH excluding ortho intramolecular Hbond substituents is 1. The van der Waals surface area contributed by atoms with E-state index in [2.05, 4.69) is 11.9 Å². The van der Waals surface area contributed by atoms with E-state index < -0.39 is 0 Å². The number of nitrogens with two attached hydrogens (primary N) is 1. The molecule has 0 bridgehead atoms. The van der Waals surface area contributed by atoms with Gasteiger partial charge in [-0.05, 0) is 47.7 Å². The summed E-state index contributed by atoms with van der Waals surface area (Å²) in [6.07, 6.45) is 5.29. The SMILES string of the molecule is CCc1cnccc1C(N)Cc1cccc(O)c1. The van der Waals surface area contributed by atoms with Crippen LogP contribution in [0.5, 0.6) is 5.75 Å². The van der Waals surface area contributed by atoms with Crippen molar-refractivity contribution in [2.24, 2.45) is 5.73 Å². The summed E-state index contributed by atoms with van der Waals surface area (Å²) in [5, 5.41) is 9.45. The number of rotatable bonds is 4. The van der Waals surface area contributed by atoms with Gasteiger partial charge in [0.2, 0.25) is 0 Å². The smallest absolute Gasteiger partial charge is 0.115 e. The van der Waals surface area contributed by atoms with Crippen molar-refractivity contribution >= 4 is 0 Å². The van der Waals surface area contributed by atoms with E-state index in [0.717, 1.165) is 17.5 Å². The maximum Gasteiger partial charge on any atom is 0.115 e. The highest BCUT2D eigenvalue weighted by molar-refractivity contribution is 5.31. The van der Waals surface area contributed by atoms with E-state index in [-0.39, 0.29) is 11.8 Å². The van der Waals surface area contributed by atoms with Crippen LogP contribution in [0.25, 0.3) is 0 Å². The van der Waals surface area contributed by atoms with Gasteiger partial charge in [-0.1, -0.05) is 19.1 Å². The predicted molar refractivity (Wildman–Crippen MR) is 72.4 cm³/mol. The molecule has 0 aliphatic rings. The molecule has 1 unspecified atom stereocenters.